The summed E-state index contributed by atoms with van der Waals surface area (Å²) in [4.78, 5) is 16.8. The highest BCUT2D eigenvalue weighted by Crippen LogP contribution is 2.29. The van der Waals surface area contributed by atoms with Gasteiger partial charge >= 0.3 is 0 Å². The van der Waals surface area contributed by atoms with Crippen LogP contribution in [0, 0.1) is 11.8 Å². The summed E-state index contributed by atoms with van der Waals surface area (Å²) in [7, 11) is -3.46. The first-order valence-corrected chi connectivity index (χ1v) is 12.7. The van der Waals surface area contributed by atoms with Crippen molar-refractivity contribution in [2.45, 2.75) is 68.3 Å². The number of nitrogens with one attached hydrogen (secondary N) is 1. The highest BCUT2D eigenvalue weighted by molar-refractivity contribution is 7.99. The van der Waals surface area contributed by atoms with E-state index in [0.717, 1.165) is 32.1 Å². The van der Waals surface area contributed by atoms with Gasteiger partial charge in [-0.2, -0.15) is 4.31 Å². The number of thioether (sulfide) groups is 1. The van der Waals surface area contributed by atoms with Crippen molar-refractivity contribution in [2.75, 3.05) is 18.8 Å². The standard InChI is InChI=1S/C20H31N3O3S2/c1-15-7-6-8-18(16(15)2)22-19(24)14-27-20-10-9-17(13-21-20)28(25,26)23-11-4-3-5-12-23/h9-10,13,15-16,18H,3-8,11-12,14H2,1-2H3,(H,22,24)/t15-,16+,18-/m0/s1. The molecule has 0 bridgehead atoms. The Morgan fingerprint density at radius 2 is 1.93 bits per heavy atom. The zero-order valence-electron chi connectivity index (χ0n) is 16.8. The Morgan fingerprint density at radius 3 is 2.61 bits per heavy atom. The maximum absolute atomic E-state index is 12.7. The number of hydrogen-bond donors (Lipinski definition) is 1. The maximum atomic E-state index is 12.7. The molecule has 1 N–H and O–H groups in total. The smallest absolute Gasteiger partial charge is 0.244 e. The Labute approximate surface area is 172 Å². The van der Waals surface area contributed by atoms with Crippen molar-refractivity contribution in [3.8, 4) is 0 Å². The van der Waals surface area contributed by atoms with Gasteiger partial charge in [-0.25, -0.2) is 13.4 Å². The first-order valence-electron chi connectivity index (χ1n) is 10.3. The molecule has 1 aromatic rings. The number of sulfonamides is 1. The van der Waals surface area contributed by atoms with Gasteiger partial charge in [-0.3, -0.25) is 4.79 Å². The van der Waals surface area contributed by atoms with Gasteiger partial charge in [0.1, 0.15) is 4.90 Å². The Bertz CT molecular complexity index is 761. The number of pyridine rings is 1. The lowest BCUT2D eigenvalue weighted by Gasteiger charge is -2.34. The molecule has 1 saturated carbocycles. The molecule has 1 aromatic heterocycles. The largest absolute Gasteiger partial charge is 0.352 e. The second kappa shape index (κ2) is 9.59. The Balaban J connectivity index is 1.52. The van der Waals surface area contributed by atoms with E-state index >= 15 is 0 Å². The molecule has 1 aliphatic heterocycles. The molecule has 2 fully saturated rings. The van der Waals surface area contributed by atoms with Gasteiger partial charge in [0.2, 0.25) is 15.9 Å². The number of aromatic nitrogens is 1. The quantitative estimate of drug-likeness (QED) is 0.708. The van der Waals surface area contributed by atoms with E-state index in [2.05, 4.69) is 24.1 Å². The van der Waals surface area contributed by atoms with E-state index < -0.39 is 10.0 Å². The number of carbonyl (C=O) groups excluding carboxylic acids is 1. The van der Waals surface area contributed by atoms with Gasteiger partial charge < -0.3 is 5.32 Å². The molecule has 28 heavy (non-hydrogen) atoms. The predicted octanol–water partition coefficient (Wildman–Crippen LogP) is 3.29. The normalized spacial score (nSPS) is 26.7. The van der Waals surface area contributed by atoms with Crippen LogP contribution in [0.4, 0.5) is 0 Å². The number of carbonyl (C=O) groups is 1. The molecule has 1 amide bonds. The highest BCUT2D eigenvalue weighted by Gasteiger charge is 2.28. The lowest BCUT2D eigenvalue weighted by Crippen LogP contribution is -2.44. The topological polar surface area (TPSA) is 79.4 Å². The molecule has 6 nitrogen and oxygen atoms in total. The molecule has 1 aliphatic carbocycles. The van der Waals surface area contributed by atoms with Crippen molar-refractivity contribution in [3.05, 3.63) is 18.3 Å². The average Bonchev–Trinajstić information content (AvgIpc) is 2.71. The molecule has 0 radical (unpaired) electrons. The van der Waals surface area contributed by atoms with Crippen molar-refractivity contribution in [1.82, 2.24) is 14.6 Å². The van der Waals surface area contributed by atoms with Crippen molar-refractivity contribution in [3.63, 3.8) is 0 Å². The summed E-state index contributed by atoms with van der Waals surface area (Å²) in [6.45, 7) is 5.63. The van der Waals surface area contributed by atoms with Gasteiger partial charge in [0.05, 0.1) is 10.8 Å². The first kappa shape index (κ1) is 21.6. The van der Waals surface area contributed by atoms with Crippen LogP contribution in [0.5, 0.6) is 0 Å². The summed E-state index contributed by atoms with van der Waals surface area (Å²) in [6, 6.07) is 3.55. The fraction of sp³-hybridized carbons (Fsp3) is 0.700. The Kier molecular flexibility index (Phi) is 7.39. The van der Waals surface area contributed by atoms with Crippen LogP contribution < -0.4 is 5.32 Å². The number of hydrogen-bond acceptors (Lipinski definition) is 5. The van der Waals surface area contributed by atoms with E-state index in [9.17, 15) is 13.2 Å². The van der Waals surface area contributed by atoms with E-state index in [1.807, 2.05) is 0 Å². The minimum atomic E-state index is -3.46. The predicted molar refractivity (Wildman–Crippen MR) is 112 cm³/mol. The molecule has 0 aromatic carbocycles. The zero-order chi connectivity index (χ0) is 20.1. The van der Waals surface area contributed by atoms with Crippen molar-refractivity contribution < 1.29 is 13.2 Å². The fourth-order valence-electron chi connectivity index (χ4n) is 4.03. The second-order valence-electron chi connectivity index (χ2n) is 8.03. The van der Waals surface area contributed by atoms with Crippen LogP contribution in [0.15, 0.2) is 28.3 Å². The SMILES string of the molecule is C[C@H]1[C@@H](NC(=O)CSc2ccc(S(=O)(=O)N3CCCCC3)cn2)CCC[C@@H]1C. The third-order valence-electron chi connectivity index (χ3n) is 6.07. The molecule has 8 heteroatoms. The van der Waals surface area contributed by atoms with Crippen LogP contribution in [-0.4, -0.2) is 48.5 Å². The summed E-state index contributed by atoms with van der Waals surface area (Å²) in [6.07, 6.45) is 7.76. The van der Waals surface area contributed by atoms with Gasteiger partial charge in [0.15, 0.2) is 0 Å². The molecule has 2 heterocycles. The van der Waals surface area contributed by atoms with E-state index in [1.54, 1.807) is 16.4 Å². The Hall–Kier alpha value is -1.12. The van der Waals surface area contributed by atoms with Crippen molar-refractivity contribution >= 4 is 27.7 Å². The van der Waals surface area contributed by atoms with Gasteiger partial charge in [0.25, 0.3) is 0 Å². The molecule has 0 unspecified atom stereocenters. The summed E-state index contributed by atoms with van der Waals surface area (Å²) >= 11 is 1.34. The molecule has 0 spiro atoms. The van der Waals surface area contributed by atoms with Crippen LogP contribution in [0.2, 0.25) is 0 Å². The van der Waals surface area contributed by atoms with Gasteiger partial charge in [-0.15, -0.1) is 0 Å². The summed E-state index contributed by atoms with van der Waals surface area (Å²) in [5.41, 5.74) is 0. The second-order valence-corrected chi connectivity index (χ2v) is 11.0. The Morgan fingerprint density at radius 1 is 1.18 bits per heavy atom. The van der Waals surface area contributed by atoms with Crippen LogP contribution >= 0.6 is 11.8 Å². The van der Waals surface area contributed by atoms with E-state index in [4.69, 9.17) is 0 Å². The lowest BCUT2D eigenvalue weighted by atomic mass is 9.78. The monoisotopic (exact) mass is 425 g/mol. The number of rotatable bonds is 6. The zero-order valence-corrected chi connectivity index (χ0v) is 18.4. The van der Waals surface area contributed by atoms with Crippen molar-refractivity contribution in [2.24, 2.45) is 11.8 Å². The van der Waals surface area contributed by atoms with Crippen LogP contribution in [0.3, 0.4) is 0 Å². The van der Waals surface area contributed by atoms with Gasteiger partial charge in [-0.05, 0) is 43.2 Å². The third kappa shape index (κ3) is 5.27. The number of amides is 1. The number of piperidine rings is 1. The summed E-state index contributed by atoms with van der Waals surface area (Å²) < 4.78 is 26.9. The summed E-state index contributed by atoms with van der Waals surface area (Å²) in [5, 5.41) is 3.82. The molecule has 156 valence electrons. The summed E-state index contributed by atoms with van der Waals surface area (Å²) in [5.74, 6) is 1.45. The molecule has 2 aliphatic rings. The molecule has 3 rings (SSSR count). The van der Waals surface area contributed by atoms with Crippen LogP contribution in [0.25, 0.3) is 0 Å². The molecule has 1 saturated heterocycles. The van der Waals surface area contributed by atoms with E-state index in [-0.39, 0.29) is 16.8 Å². The average molecular weight is 426 g/mol. The number of nitrogens with zero attached hydrogens (tertiary/aromatic N) is 2. The fourth-order valence-corrected chi connectivity index (χ4v) is 6.15. The van der Waals surface area contributed by atoms with Crippen molar-refractivity contribution in [1.29, 1.82) is 0 Å². The molecular formula is C20H31N3O3S2. The lowest BCUT2D eigenvalue weighted by molar-refractivity contribution is -0.120. The van der Waals surface area contributed by atoms with Gasteiger partial charge in [-0.1, -0.05) is 44.9 Å². The maximum Gasteiger partial charge on any atom is 0.244 e. The minimum Gasteiger partial charge on any atom is -0.352 e. The first-order chi connectivity index (χ1) is 13.4. The van der Waals surface area contributed by atoms with Gasteiger partial charge in [0, 0.05) is 25.3 Å². The van der Waals surface area contributed by atoms with Crippen LogP contribution in [0.1, 0.15) is 52.4 Å². The highest BCUT2D eigenvalue weighted by atomic mass is 32.2. The van der Waals surface area contributed by atoms with E-state index in [1.165, 1.54) is 24.4 Å². The molecule has 3 atom stereocenters. The van der Waals surface area contributed by atoms with E-state index in [0.29, 0.717) is 35.7 Å². The molecular weight excluding hydrogens is 394 g/mol. The van der Waals surface area contributed by atoms with Crippen LogP contribution in [-0.2, 0) is 14.8 Å². The minimum absolute atomic E-state index is 0.0164. The third-order valence-corrected chi connectivity index (χ3v) is 8.89.